The van der Waals surface area contributed by atoms with E-state index in [-0.39, 0.29) is 17.7 Å². The molecule has 1 amide bonds. The minimum atomic E-state index is -1.87. The molecule has 1 saturated heterocycles. The van der Waals surface area contributed by atoms with Crippen molar-refractivity contribution in [1.29, 1.82) is 0 Å². The molecule has 1 atom stereocenters. The predicted molar refractivity (Wildman–Crippen MR) is 149 cm³/mol. The smallest absolute Gasteiger partial charge is 0.410 e. The zero-order valence-corrected chi connectivity index (χ0v) is 23.8. The summed E-state index contributed by atoms with van der Waals surface area (Å²) in [6.07, 6.45) is 0.936. The van der Waals surface area contributed by atoms with Crippen LogP contribution >= 0.6 is 11.6 Å². The second kappa shape index (κ2) is 11.2. The van der Waals surface area contributed by atoms with E-state index in [0.717, 1.165) is 11.3 Å². The second-order valence-corrected chi connectivity index (χ2v) is 15.9. The van der Waals surface area contributed by atoms with Gasteiger partial charge in [0.15, 0.2) is 14.4 Å². The molecule has 1 N–H and O–H groups in total. The van der Waals surface area contributed by atoms with Gasteiger partial charge in [-0.25, -0.2) is 9.78 Å². The lowest BCUT2D eigenvalue weighted by Gasteiger charge is -2.36. The first-order chi connectivity index (χ1) is 17.5. The van der Waals surface area contributed by atoms with Gasteiger partial charge in [-0.05, 0) is 23.7 Å². The number of rotatable bonds is 10. The fourth-order valence-electron chi connectivity index (χ4n) is 3.77. The second-order valence-electron chi connectivity index (χ2n) is 10.7. The number of aromatic nitrogens is 2. The Hall–Kier alpha value is -2.88. The number of carbonyl (C=O) groups is 1. The highest BCUT2D eigenvalue weighted by atomic mass is 35.5. The van der Waals surface area contributed by atoms with Gasteiger partial charge in [-0.15, -0.1) is 0 Å². The summed E-state index contributed by atoms with van der Waals surface area (Å²) in [5.74, 6) is 0.533. The largest absolute Gasteiger partial charge is 0.487 e. The van der Waals surface area contributed by atoms with Crippen LogP contribution in [0.2, 0.25) is 23.3 Å². The molecular formula is C27H35ClN4O4Si. The molecule has 1 aromatic carbocycles. The molecule has 8 nitrogen and oxygen atoms in total. The standard InChI is InChI=1S/C27H35ClN4O4Si/c1-27(2,3)37(4,5)35-14-13-32-17-20(36-26(32)33)18-34-22-11-12-29-24-21(15-23(28)31-25(22)24)30-16-19-9-7-6-8-10-19/h6-12,15,20H,13-14,16-18H2,1-5H3,(H,30,31). The number of hydrogen-bond donors (Lipinski definition) is 1. The molecule has 3 aromatic rings. The molecule has 198 valence electrons. The number of amides is 1. The molecule has 1 aliphatic heterocycles. The van der Waals surface area contributed by atoms with Gasteiger partial charge in [0.1, 0.15) is 28.5 Å². The maximum Gasteiger partial charge on any atom is 0.410 e. The third-order valence-electron chi connectivity index (χ3n) is 6.95. The number of nitrogens with one attached hydrogen (secondary N) is 1. The van der Waals surface area contributed by atoms with Gasteiger partial charge in [-0.2, -0.15) is 0 Å². The molecular weight excluding hydrogens is 508 g/mol. The molecule has 1 unspecified atom stereocenters. The number of fused-ring (bicyclic) bond motifs is 1. The number of carbonyl (C=O) groups excluding carboxylic acids is 1. The van der Waals surface area contributed by atoms with E-state index in [0.29, 0.717) is 48.2 Å². The van der Waals surface area contributed by atoms with Gasteiger partial charge in [0.05, 0.1) is 18.8 Å². The van der Waals surface area contributed by atoms with Gasteiger partial charge in [0, 0.05) is 31.4 Å². The van der Waals surface area contributed by atoms with Crippen LogP contribution in [0.4, 0.5) is 10.5 Å². The number of hydrogen-bond acceptors (Lipinski definition) is 7. The van der Waals surface area contributed by atoms with Crippen LogP contribution in [-0.2, 0) is 15.7 Å². The molecule has 0 saturated carbocycles. The number of anilines is 1. The van der Waals surface area contributed by atoms with E-state index in [4.69, 9.17) is 25.5 Å². The van der Waals surface area contributed by atoms with Crippen molar-refractivity contribution in [2.45, 2.75) is 51.6 Å². The molecule has 0 spiro atoms. The highest BCUT2D eigenvalue weighted by molar-refractivity contribution is 6.74. The topological polar surface area (TPSA) is 85.8 Å². The highest BCUT2D eigenvalue weighted by Crippen LogP contribution is 2.36. The quantitative estimate of drug-likeness (QED) is 0.244. The summed E-state index contributed by atoms with van der Waals surface area (Å²) in [6, 6.07) is 13.6. The monoisotopic (exact) mass is 542 g/mol. The van der Waals surface area contributed by atoms with Crippen molar-refractivity contribution in [2.75, 3.05) is 31.6 Å². The summed E-state index contributed by atoms with van der Waals surface area (Å²) in [7, 11) is -1.87. The van der Waals surface area contributed by atoms with Crippen molar-refractivity contribution in [3.05, 3.63) is 59.4 Å². The maximum absolute atomic E-state index is 12.4. The van der Waals surface area contributed by atoms with Crippen LogP contribution in [0.25, 0.3) is 11.0 Å². The fraction of sp³-hybridized carbons (Fsp3) is 0.444. The van der Waals surface area contributed by atoms with Crippen molar-refractivity contribution < 1.29 is 18.7 Å². The predicted octanol–water partition coefficient (Wildman–Crippen LogP) is 6.12. The van der Waals surface area contributed by atoms with Gasteiger partial charge in [0.2, 0.25) is 0 Å². The van der Waals surface area contributed by atoms with E-state index in [2.05, 4.69) is 49.1 Å². The van der Waals surface area contributed by atoms with Gasteiger partial charge >= 0.3 is 6.09 Å². The average molecular weight is 543 g/mol. The number of pyridine rings is 2. The summed E-state index contributed by atoms with van der Waals surface area (Å²) in [4.78, 5) is 23.0. The minimum Gasteiger partial charge on any atom is -0.487 e. The molecule has 0 aliphatic carbocycles. The molecule has 37 heavy (non-hydrogen) atoms. The third-order valence-corrected chi connectivity index (χ3v) is 11.7. The number of halogens is 1. The molecule has 4 rings (SSSR count). The van der Waals surface area contributed by atoms with Gasteiger partial charge in [-0.1, -0.05) is 62.7 Å². The van der Waals surface area contributed by atoms with E-state index in [9.17, 15) is 4.79 Å². The number of cyclic esters (lactones) is 1. The van der Waals surface area contributed by atoms with Crippen LogP contribution in [0, 0.1) is 0 Å². The zero-order chi connectivity index (χ0) is 26.6. The fourth-order valence-corrected chi connectivity index (χ4v) is 4.99. The molecule has 2 aromatic heterocycles. The van der Waals surface area contributed by atoms with E-state index in [1.807, 2.05) is 30.3 Å². The Bertz CT molecular complexity index is 1240. The molecule has 10 heteroatoms. The van der Waals surface area contributed by atoms with Crippen LogP contribution in [-0.4, -0.2) is 61.7 Å². The molecule has 1 aliphatic rings. The van der Waals surface area contributed by atoms with Crippen molar-refractivity contribution in [3.63, 3.8) is 0 Å². The Balaban J connectivity index is 1.37. The van der Waals surface area contributed by atoms with Crippen LogP contribution in [0.5, 0.6) is 5.75 Å². The summed E-state index contributed by atoms with van der Waals surface area (Å²) >= 11 is 6.33. The van der Waals surface area contributed by atoms with Crippen molar-refractivity contribution >= 4 is 42.7 Å². The van der Waals surface area contributed by atoms with Crippen LogP contribution < -0.4 is 10.1 Å². The first-order valence-corrected chi connectivity index (χ1v) is 15.8. The van der Waals surface area contributed by atoms with E-state index < -0.39 is 14.4 Å². The number of benzene rings is 1. The Morgan fingerprint density at radius 3 is 2.68 bits per heavy atom. The normalized spacial score (nSPS) is 16.2. The molecule has 1 fully saturated rings. The van der Waals surface area contributed by atoms with E-state index in [1.54, 1.807) is 23.2 Å². The van der Waals surface area contributed by atoms with Gasteiger partial charge < -0.3 is 24.1 Å². The summed E-state index contributed by atoms with van der Waals surface area (Å²) in [5, 5.41) is 3.85. The zero-order valence-electron chi connectivity index (χ0n) is 22.1. The van der Waals surface area contributed by atoms with E-state index in [1.165, 1.54) is 0 Å². The average Bonchev–Trinajstić information content (AvgIpc) is 3.20. The Kier molecular flexibility index (Phi) is 8.25. The van der Waals surface area contributed by atoms with Crippen molar-refractivity contribution in [2.24, 2.45) is 0 Å². The van der Waals surface area contributed by atoms with Crippen LogP contribution in [0.1, 0.15) is 26.3 Å². The SMILES string of the molecule is CC(C)(C)[Si](C)(C)OCCN1CC(COc2ccnc3c(NCc4ccccc4)cc(Cl)nc23)OC1=O. The Morgan fingerprint density at radius 2 is 1.95 bits per heavy atom. The first-order valence-electron chi connectivity index (χ1n) is 12.5. The Morgan fingerprint density at radius 1 is 1.19 bits per heavy atom. The van der Waals surface area contributed by atoms with Crippen LogP contribution in [0.3, 0.4) is 0 Å². The highest BCUT2D eigenvalue weighted by Gasteiger charge is 2.38. The lowest BCUT2D eigenvalue weighted by molar-refractivity contribution is 0.102. The molecule has 3 heterocycles. The van der Waals surface area contributed by atoms with Crippen molar-refractivity contribution in [1.82, 2.24) is 14.9 Å². The molecule has 0 radical (unpaired) electrons. The first kappa shape index (κ1) is 27.2. The van der Waals surface area contributed by atoms with Gasteiger partial charge in [0.25, 0.3) is 0 Å². The summed E-state index contributed by atoms with van der Waals surface area (Å²) in [6.45, 7) is 13.3. The lowest BCUT2D eigenvalue weighted by atomic mass is 10.2. The van der Waals surface area contributed by atoms with Crippen LogP contribution in [0.15, 0.2) is 48.7 Å². The number of ether oxygens (including phenoxy) is 2. The minimum absolute atomic E-state index is 0.121. The maximum atomic E-state index is 12.4. The van der Waals surface area contributed by atoms with Crippen molar-refractivity contribution in [3.8, 4) is 5.75 Å². The molecule has 0 bridgehead atoms. The number of nitrogens with zero attached hydrogens (tertiary/aromatic N) is 3. The summed E-state index contributed by atoms with van der Waals surface area (Å²) < 4.78 is 17.8. The third kappa shape index (κ3) is 6.71. The van der Waals surface area contributed by atoms with Gasteiger partial charge in [-0.3, -0.25) is 4.98 Å². The Labute approximate surface area is 224 Å². The lowest BCUT2D eigenvalue weighted by Crippen LogP contribution is -2.43. The summed E-state index contributed by atoms with van der Waals surface area (Å²) in [5.41, 5.74) is 3.11. The van der Waals surface area contributed by atoms with E-state index >= 15 is 0 Å².